The lowest BCUT2D eigenvalue weighted by atomic mass is 9.95. The Morgan fingerprint density at radius 3 is 2.69 bits per heavy atom. The van der Waals surface area contributed by atoms with Crippen LogP contribution in [0.25, 0.3) is 0 Å². The van der Waals surface area contributed by atoms with Crippen molar-refractivity contribution in [1.82, 2.24) is 4.90 Å². The van der Waals surface area contributed by atoms with Crippen molar-refractivity contribution < 1.29 is 9.90 Å². The number of aliphatic hydroxyl groups excluding tert-OH is 1. The number of aliphatic hydroxyl groups is 1. The Kier molecular flexibility index (Phi) is 4.74. The normalized spacial score (nSPS) is 28.2. The molecule has 1 rings (SSSR count). The number of carbonyl (C=O) groups is 1. The van der Waals surface area contributed by atoms with Crippen LogP contribution in [-0.4, -0.2) is 41.1 Å². The number of likely N-dealkylation sites (tertiary alicyclic amines) is 1. The highest BCUT2D eigenvalue weighted by atomic mass is 16.3. The maximum atomic E-state index is 12.0. The lowest BCUT2D eigenvalue weighted by Gasteiger charge is -2.35. The van der Waals surface area contributed by atoms with Crippen molar-refractivity contribution in [2.45, 2.75) is 45.8 Å². The Hall–Kier alpha value is -0.610. The Morgan fingerprint density at radius 2 is 2.19 bits per heavy atom. The van der Waals surface area contributed by atoms with Gasteiger partial charge in [0.15, 0.2) is 0 Å². The summed E-state index contributed by atoms with van der Waals surface area (Å²) in [5, 5.41) is 9.73. The Labute approximate surface area is 97.8 Å². The molecule has 0 radical (unpaired) electrons. The number of piperidine rings is 1. The van der Waals surface area contributed by atoms with E-state index >= 15 is 0 Å². The fourth-order valence-corrected chi connectivity index (χ4v) is 2.09. The Bertz CT molecular complexity index is 243. The first kappa shape index (κ1) is 13.5. The lowest BCUT2D eigenvalue weighted by molar-refractivity contribution is -0.137. The molecule has 0 saturated carbocycles. The van der Waals surface area contributed by atoms with E-state index in [1.807, 2.05) is 6.92 Å². The third-order valence-electron chi connectivity index (χ3n) is 3.27. The van der Waals surface area contributed by atoms with Crippen molar-refractivity contribution in [3.63, 3.8) is 0 Å². The molecule has 0 aromatic heterocycles. The van der Waals surface area contributed by atoms with Gasteiger partial charge in [0.2, 0.25) is 5.91 Å². The highest BCUT2D eigenvalue weighted by molar-refractivity contribution is 5.81. The molecule has 0 spiro atoms. The first-order valence-corrected chi connectivity index (χ1v) is 6.14. The van der Waals surface area contributed by atoms with Gasteiger partial charge in [-0.2, -0.15) is 0 Å². The first-order chi connectivity index (χ1) is 7.41. The van der Waals surface area contributed by atoms with Crippen LogP contribution in [0.3, 0.4) is 0 Å². The zero-order chi connectivity index (χ0) is 12.3. The number of hydrogen-bond acceptors (Lipinski definition) is 3. The van der Waals surface area contributed by atoms with Crippen LogP contribution in [0.5, 0.6) is 0 Å². The summed E-state index contributed by atoms with van der Waals surface area (Å²) in [4.78, 5) is 13.7. The van der Waals surface area contributed by atoms with E-state index in [9.17, 15) is 9.90 Å². The molecular weight excluding hydrogens is 204 g/mol. The second-order valence-corrected chi connectivity index (χ2v) is 5.35. The molecule has 3 atom stereocenters. The van der Waals surface area contributed by atoms with E-state index in [2.05, 4.69) is 13.8 Å². The number of amides is 1. The van der Waals surface area contributed by atoms with E-state index in [1.165, 1.54) is 0 Å². The molecule has 0 bridgehead atoms. The van der Waals surface area contributed by atoms with E-state index in [-0.39, 0.29) is 11.8 Å². The van der Waals surface area contributed by atoms with E-state index in [0.29, 0.717) is 18.9 Å². The highest BCUT2D eigenvalue weighted by Crippen LogP contribution is 2.18. The minimum atomic E-state index is -0.416. The molecule has 3 N–H and O–H groups in total. The van der Waals surface area contributed by atoms with Gasteiger partial charge >= 0.3 is 0 Å². The van der Waals surface area contributed by atoms with E-state index < -0.39 is 12.1 Å². The summed E-state index contributed by atoms with van der Waals surface area (Å²) in [6.45, 7) is 7.29. The van der Waals surface area contributed by atoms with Crippen molar-refractivity contribution in [3.05, 3.63) is 0 Å². The topological polar surface area (TPSA) is 66.6 Å². The number of hydrogen-bond donors (Lipinski definition) is 2. The highest BCUT2D eigenvalue weighted by Gasteiger charge is 2.29. The summed E-state index contributed by atoms with van der Waals surface area (Å²) < 4.78 is 0. The summed E-state index contributed by atoms with van der Waals surface area (Å²) in [7, 11) is 0. The number of nitrogens with zero attached hydrogens (tertiary/aromatic N) is 1. The smallest absolute Gasteiger partial charge is 0.239 e. The second kappa shape index (κ2) is 5.64. The van der Waals surface area contributed by atoms with Gasteiger partial charge in [-0.05, 0) is 24.7 Å². The lowest BCUT2D eigenvalue weighted by Crippen LogP contribution is -2.51. The minimum absolute atomic E-state index is 0.0142. The molecule has 0 aromatic rings. The quantitative estimate of drug-likeness (QED) is 0.743. The van der Waals surface area contributed by atoms with Gasteiger partial charge in [0.25, 0.3) is 0 Å². The average molecular weight is 228 g/mol. The van der Waals surface area contributed by atoms with Crippen LogP contribution in [0, 0.1) is 11.8 Å². The summed E-state index contributed by atoms with van der Waals surface area (Å²) in [5.41, 5.74) is 5.86. The van der Waals surface area contributed by atoms with Gasteiger partial charge in [0, 0.05) is 13.1 Å². The van der Waals surface area contributed by atoms with Gasteiger partial charge in [-0.25, -0.2) is 0 Å². The van der Waals surface area contributed by atoms with Crippen LogP contribution in [0.4, 0.5) is 0 Å². The Balaban J connectivity index is 2.48. The maximum Gasteiger partial charge on any atom is 0.239 e. The first-order valence-electron chi connectivity index (χ1n) is 6.14. The largest absolute Gasteiger partial charge is 0.391 e. The summed E-state index contributed by atoms with van der Waals surface area (Å²) in [6, 6.07) is -0.416. The molecule has 1 saturated heterocycles. The predicted molar refractivity (Wildman–Crippen MR) is 63.8 cm³/mol. The third kappa shape index (κ3) is 3.46. The molecular formula is C12H24N2O2. The number of rotatable bonds is 3. The van der Waals surface area contributed by atoms with Gasteiger partial charge < -0.3 is 15.7 Å². The molecule has 2 unspecified atom stereocenters. The SMILES string of the molecule is CC(C)C[C@@H](N)C(=O)N1CCC(C)C(O)C1. The zero-order valence-corrected chi connectivity index (χ0v) is 10.5. The maximum absolute atomic E-state index is 12.0. The van der Waals surface area contributed by atoms with Crippen LogP contribution in [-0.2, 0) is 4.79 Å². The molecule has 94 valence electrons. The standard InChI is InChI=1S/C12H24N2O2/c1-8(2)6-10(13)12(16)14-5-4-9(3)11(15)7-14/h8-11,15H,4-7,13H2,1-3H3/t9?,10-,11?/m1/s1. The molecule has 0 aliphatic carbocycles. The van der Waals surface area contributed by atoms with Gasteiger partial charge in [-0.1, -0.05) is 20.8 Å². The minimum Gasteiger partial charge on any atom is -0.391 e. The molecule has 4 heteroatoms. The van der Waals surface area contributed by atoms with Gasteiger partial charge in [0.05, 0.1) is 12.1 Å². The van der Waals surface area contributed by atoms with Crippen molar-refractivity contribution in [1.29, 1.82) is 0 Å². The van der Waals surface area contributed by atoms with Crippen molar-refractivity contribution >= 4 is 5.91 Å². The van der Waals surface area contributed by atoms with Crippen molar-refractivity contribution in [2.24, 2.45) is 17.6 Å². The molecule has 4 nitrogen and oxygen atoms in total. The Morgan fingerprint density at radius 1 is 1.56 bits per heavy atom. The van der Waals surface area contributed by atoms with Crippen LogP contribution in [0.1, 0.15) is 33.6 Å². The fraction of sp³-hybridized carbons (Fsp3) is 0.917. The van der Waals surface area contributed by atoms with Gasteiger partial charge in [-0.15, -0.1) is 0 Å². The van der Waals surface area contributed by atoms with E-state index in [0.717, 1.165) is 13.0 Å². The molecule has 1 amide bonds. The molecule has 1 heterocycles. The number of β-amino-alcohol motifs (C(OH)–C–C–N with tert-alkyl or cyclic N) is 1. The van der Waals surface area contributed by atoms with E-state index in [4.69, 9.17) is 5.73 Å². The number of carbonyl (C=O) groups excluding carboxylic acids is 1. The monoisotopic (exact) mass is 228 g/mol. The molecule has 1 aliphatic heterocycles. The predicted octanol–water partition coefficient (Wildman–Crippen LogP) is 0.589. The summed E-state index contributed by atoms with van der Waals surface area (Å²) >= 11 is 0. The van der Waals surface area contributed by atoms with Gasteiger partial charge in [0.1, 0.15) is 0 Å². The summed E-state index contributed by atoms with van der Waals surface area (Å²) in [6.07, 6.45) is 1.17. The second-order valence-electron chi connectivity index (χ2n) is 5.35. The zero-order valence-electron chi connectivity index (χ0n) is 10.5. The number of nitrogens with two attached hydrogens (primary N) is 1. The van der Waals surface area contributed by atoms with E-state index in [1.54, 1.807) is 4.90 Å². The fourth-order valence-electron chi connectivity index (χ4n) is 2.09. The third-order valence-corrected chi connectivity index (χ3v) is 3.27. The van der Waals surface area contributed by atoms with Crippen LogP contribution in [0.15, 0.2) is 0 Å². The van der Waals surface area contributed by atoms with Crippen molar-refractivity contribution in [2.75, 3.05) is 13.1 Å². The summed E-state index contributed by atoms with van der Waals surface area (Å²) in [5.74, 6) is 0.692. The molecule has 16 heavy (non-hydrogen) atoms. The van der Waals surface area contributed by atoms with Crippen LogP contribution in [0.2, 0.25) is 0 Å². The van der Waals surface area contributed by atoms with Crippen molar-refractivity contribution in [3.8, 4) is 0 Å². The molecule has 1 aliphatic rings. The van der Waals surface area contributed by atoms with Crippen LogP contribution >= 0.6 is 0 Å². The molecule has 0 aromatic carbocycles. The average Bonchev–Trinajstić information content (AvgIpc) is 2.20. The van der Waals surface area contributed by atoms with Crippen LogP contribution < -0.4 is 5.73 Å². The molecule has 1 fully saturated rings. The van der Waals surface area contributed by atoms with Gasteiger partial charge in [-0.3, -0.25) is 4.79 Å².